The fraction of sp³-hybridized carbons (Fsp3) is 0.154. The number of fused-ring (bicyclic) bond motifs is 3. The van der Waals surface area contributed by atoms with E-state index in [9.17, 15) is 0 Å². The maximum absolute atomic E-state index is 8.91. The molecule has 5 aromatic rings. The molecule has 0 aliphatic rings. The second kappa shape index (κ2) is 6.85. The summed E-state index contributed by atoms with van der Waals surface area (Å²) in [5, 5.41) is 1.21. The van der Waals surface area contributed by atoms with Gasteiger partial charge >= 0.3 is 0 Å². The van der Waals surface area contributed by atoms with Gasteiger partial charge in [-0.3, -0.25) is 4.98 Å². The Hall–Kier alpha value is -3.46. The van der Waals surface area contributed by atoms with E-state index in [2.05, 4.69) is 9.97 Å². The summed E-state index contributed by atoms with van der Waals surface area (Å²) in [5.41, 5.74) is 0.634. The van der Waals surface area contributed by atoms with Gasteiger partial charge in [-0.15, -0.1) is 0 Å². The van der Waals surface area contributed by atoms with Gasteiger partial charge in [-0.2, -0.15) is 0 Å². The van der Waals surface area contributed by atoms with E-state index in [-0.39, 0.29) is 39.4 Å². The lowest BCUT2D eigenvalue weighted by atomic mass is 9.98. The molecule has 0 unspecified atom stereocenters. The average Bonchev–Trinajstić information content (AvgIpc) is 3.25. The molecule has 3 heterocycles. The molecule has 0 aliphatic heterocycles. The second-order valence-electron chi connectivity index (χ2n) is 6.65. The molecule has 0 bridgehead atoms. The van der Waals surface area contributed by atoms with Crippen molar-refractivity contribution in [3.63, 3.8) is 0 Å². The van der Waals surface area contributed by atoms with E-state index in [1.54, 1.807) is 24.3 Å². The summed E-state index contributed by atoms with van der Waals surface area (Å²) < 4.78 is 93.4. The van der Waals surface area contributed by atoms with Crippen LogP contribution in [0.3, 0.4) is 0 Å². The summed E-state index contributed by atoms with van der Waals surface area (Å²) in [4.78, 5) is 8.50. The Balaban J connectivity index is 1.69. The van der Waals surface area contributed by atoms with E-state index in [0.29, 0.717) is 21.9 Å². The molecule has 0 saturated carbocycles. The third-order valence-electron chi connectivity index (χ3n) is 4.71. The minimum atomic E-state index is -2.69. The number of pyridine rings is 2. The molecule has 0 fully saturated rings. The highest BCUT2D eigenvalue weighted by molar-refractivity contribution is 6.08. The number of benzene rings is 2. The van der Waals surface area contributed by atoms with E-state index in [1.165, 1.54) is 36.4 Å². The van der Waals surface area contributed by atoms with Gasteiger partial charge < -0.3 is 4.42 Å². The van der Waals surface area contributed by atoms with Crippen molar-refractivity contribution in [3.05, 3.63) is 94.8 Å². The van der Waals surface area contributed by atoms with Crippen molar-refractivity contribution in [2.24, 2.45) is 0 Å². The number of para-hydroxylation sites is 1. The molecule has 3 nitrogen and oxygen atoms in total. The SMILES string of the molecule is [2H]C([2H])([2H])c1ccc(C([2H])([2H])c2cc(-c3cccc4c3oc3nc(C([2H])([2H])[2H])ccc34)ncc2C([2H])([2H])[2H])cc1. The zero-order chi connectivity index (χ0) is 29.3. The van der Waals surface area contributed by atoms with Crippen LogP contribution in [0.4, 0.5) is 0 Å². The summed E-state index contributed by atoms with van der Waals surface area (Å²) in [6, 6.07) is 14.8. The molecule has 0 aliphatic carbocycles. The van der Waals surface area contributed by atoms with Crippen LogP contribution in [0, 0.1) is 20.6 Å². The molecule has 0 spiro atoms. The maximum atomic E-state index is 8.91. The number of rotatable bonds is 3. The third kappa shape index (κ3) is 3.19. The van der Waals surface area contributed by atoms with Crippen LogP contribution in [0.2, 0.25) is 0 Å². The van der Waals surface area contributed by atoms with Gasteiger partial charge in [-0.1, -0.05) is 42.0 Å². The Bertz CT molecular complexity index is 1730. The summed E-state index contributed by atoms with van der Waals surface area (Å²) in [6.45, 7) is -7.48. The van der Waals surface area contributed by atoms with Crippen molar-refractivity contribution in [2.45, 2.75) is 26.9 Å². The van der Waals surface area contributed by atoms with Crippen molar-refractivity contribution in [2.75, 3.05) is 0 Å². The molecular formula is C26H22N2O. The van der Waals surface area contributed by atoms with Crippen molar-refractivity contribution in [1.82, 2.24) is 9.97 Å². The Morgan fingerprint density at radius 1 is 0.966 bits per heavy atom. The minimum Gasteiger partial charge on any atom is -0.437 e. The van der Waals surface area contributed by atoms with Crippen LogP contribution in [0.1, 0.15) is 43.0 Å². The van der Waals surface area contributed by atoms with E-state index in [4.69, 9.17) is 19.5 Å². The topological polar surface area (TPSA) is 38.9 Å². The lowest BCUT2D eigenvalue weighted by Crippen LogP contribution is -1.95. The predicted octanol–water partition coefficient (Wildman–Crippen LogP) is 6.56. The first-order valence-electron chi connectivity index (χ1n) is 14.4. The molecule has 0 N–H and O–H groups in total. The van der Waals surface area contributed by atoms with Crippen LogP contribution in [0.15, 0.2) is 71.3 Å². The smallest absolute Gasteiger partial charge is 0.227 e. The van der Waals surface area contributed by atoms with Gasteiger partial charge in [0.15, 0.2) is 0 Å². The highest BCUT2D eigenvalue weighted by atomic mass is 16.3. The van der Waals surface area contributed by atoms with E-state index in [0.717, 1.165) is 6.20 Å². The number of aromatic nitrogens is 2. The third-order valence-corrected chi connectivity index (χ3v) is 4.71. The lowest BCUT2D eigenvalue weighted by Gasteiger charge is -2.09. The molecule has 142 valence electrons. The Morgan fingerprint density at radius 3 is 2.72 bits per heavy atom. The number of hydrogen-bond donors (Lipinski definition) is 0. The molecule has 3 heteroatoms. The monoisotopic (exact) mass is 389 g/mol. The van der Waals surface area contributed by atoms with E-state index >= 15 is 0 Å². The molecule has 3 aromatic heterocycles. The van der Waals surface area contributed by atoms with Crippen molar-refractivity contribution in [3.8, 4) is 11.3 Å². The number of nitrogens with zero attached hydrogens (tertiary/aromatic N) is 2. The maximum Gasteiger partial charge on any atom is 0.227 e. The fourth-order valence-electron chi connectivity index (χ4n) is 3.30. The molecule has 5 rings (SSSR count). The van der Waals surface area contributed by atoms with E-state index < -0.39 is 26.9 Å². The molecule has 0 atom stereocenters. The highest BCUT2D eigenvalue weighted by Crippen LogP contribution is 2.35. The predicted molar refractivity (Wildman–Crippen MR) is 118 cm³/mol. The first-order valence-corrected chi connectivity index (χ1v) is 8.93. The van der Waals surface area contributed by atoms with Gasteiger partial charge in [-0.05, 0) is 67.9 Å². The molecule has 2 aromatic carbocycles. The van der Waals surface area contributed by atoms with Crippen LogP contribution in [0.5, 0.6) is 0 Å². The van der Waals surface area contributed by atoms with Crippen LogP contribution in [-0.4, -0.2) is 9.97 Å². The Labute approximate surface area is 185 Å². The zero-order valence-corrected chi connectivity index (χ0v) is 15.2. The van der Waals surface area contributed by atoms with Gasteiger partial charge in [0, 0.05) is 43.3 Å². The largest absolute Gasteiger partial charge is 0.437 e. The molecule has 0 radical (unpaired) electrons. The average molecular weight is 390 g/mol. The van der Waals surface area contributed by atoms with Gasteiger partial charge in [0.2, 0.25) is 5.71 Å². The molecule has 29 heavy (non-hydrogen) atoms. The summed E-state index contributed by atoms with van der Waals surface area (Å²) in [6.07, 6.45) is -1.22. The Kier molecular flexibility index (Phi) is 2.21. The number of hydrogen-bond acceptors (Lipinski definition) is 3. The van der Waals surface area contributed by atoms with Crippen molar-refractivity contribution >= 4 is 22.1 Å². The molecular weight excluding hydrogens is 356 g/mol. The molecule has 0 saturated heterocycles. The minimum absolute atomic E-state index is 0.0327. The zero-order valence-electron chi connectivity index (χ0n) is 26.2. The first-order chi connectivity index (χ1) is 18.5. The van der Waals surface area contributed by atoms with Crippen LogP contribution in [-0.2, 0) is 6.37 Å². The van der Waals surface area contributed by atoms with Gasteiger partial charge in [0.25, 0.3) is 0 Å². The van der Waals surface area contributed by atoms with Crippen LogP contribution in [0.25, 0.3) is 33.3 Å². The lowest BCUT2D eigenvalue weighted by molar-refractivity contribution is 0.653. The van der Waals surface area contributed by atoms with Gasteiger partial charge in [0.1, 0.15) is 5.58 Å². The Morgan fingerprint density at radius 2 is 1.90 bits per heavy atom. The van der Waals surface area contributed by atoms with E-state index in [1.807, 2.05) is 0 Å². The van der Waals surface area contributed by atoms with Crippen LogP contribution >= 0.6 is 0 Å². The summed E-state index contributed by atoms with van der Waals surface area (Å²) in [7, 11) is 0. The first kappa shape index (κ1) is 9.36. The van der Waals surface area contributed by atoms with Crippen molar-refractivity contribution < 1.29 is 19.5 Å². The number of aryl methyl sites for hydroxylation is 3. The molecule has 0 amide bonds. The van der Waals surface area contributed by atoms with Gasteiger partial charge in [-0.25, -0.2) is 4.98 Å². The fourth-order valence-corrected chi connectivity index (χ4v) is 3.30. The normalized spacial score (nSPS) is 18.8. The van der Waals surface area contributed by atoms with Crippen molar-refractivity contribution in [1.29, 1.82) is 0 Å². The quantitative estimate of drug-likeness (QED) is 0.351. The summed E-state index contributed by atoms with van der Waals surface area (Å²) in [5.74, 6) is 0. The standard InChI is InChI=1S/C26H22N2O/c1-16-7-10-19(11-8-16)13-20-14-24(27-15-17(20)2)23-6-4-5-21-22-12-9-18(3)28-26(22)29-25(21)23/h4-12,14-15H,13H2,1-3H3/i1D3,2D3,3D3,13D2. The van der Waals surface area contributed by atoms with Crippen LogP contribution < -0.4 is 0 Å². The summed E-state index contributed by atoms with van der Waals surface area (Å²) >= 11 is 0. The number of furan rings is 1. The highest BCUT2D eigenvalue weighted by Gasteiger charge is 2.14. The second-order valence-corrected chi connectivity index (χ2v) is 6.65. The van der Waals surface area contributed by atoms with Gasteiger partial charge in [0.05, 0.1) is 5.69 Å².